The molecular formula is C38H37F3N8O9S2. The molecule has 1 N–H and O–H groups in total. The van der Waals surface area contributed by atoms with Gasteiger partial charge in [-0.1, -0.05) is 6.07 Å². The lowest BCUT2D eigenvalue weighted by atomic mass is 10.2. The maximum absolute atomic E-state index is 12.4. The van der Waals surface area contributed by atoms with Gasteiger partial charge in [-0.15, -0.1) is 20.3 Å². The number of aromatic nitrogens is 7. The molecule has 17 nitrogen and oxygen atoms in total. The molecule has 0 aliphatic carbocycles. The van der Waals surface area contributed by atoms with Gasteiger partial charge in [-0.05, 0) is 61.6 Å². The van der Waals surface area contributed by atoms with E-state index >= 15 is 0 Å². The van der Waals surface area contributed by atoms with E-state index in [9.17, 15) is 30.9 Å². The lowest BCUT2D eigenvalue weighted by molar-refractivity contribution is -0.169. The third kappa shape index (κ3) is 9.89. The molecule has 0 radical (unpaired) electrons. The number of carbonyl (C=O) groups excluding carboxylic acids is 1. The van der Waals surface area contributed by atoms with Crippen LogP contribution in [0.1, 0.15) is 12.8 Å². The Morgan fingerprint density at radius 1 is 0.850 bits per heavy atom. The number of furan rings is 2. The van der Waals surface area contributed by atoms with E-state index in [4.69, 9.17) is 23.0 Å². The molecule has 1 amide bonds. The number of pyridine rings is 1. The lowest BCUT2D eigenvalue weighted by Crippen LogP contribution is -2.25. The number of imidazole rings is 2. The van der Waals surface area contributed by atoms with Gasteiger partial charge in [0.15, 0.2) is 28.4 Å². The van der Waals surface area contributed by atoms with Crippen LogP contribution < -0.4 is 14.2 Å². The molecule has 1 aromatic carbocycles. The first kappa shape index (κ1) is 41.8. The van der Waals surface area contributed by atoms with E-state index in [1.54, 1.807) is 59.0 Å². The van der Waals surface area contributed by atoms with Gasteiger partial charge < -0.3 is 27.6 Å². The van der Waals surface area contributed by atoms with Gasteiger partial charge in [-0.3, -0.25) is 9.78 Å². The second kappa shape index (κ2) is 17.1. The molecule has 316 valence electrons. The van der Waals surface area contributed by atoms with Crippen molar-refractivity contribution in [1.82, 2.24) is 34.2 Å². The van der Waals surface area contributed by atoms with E-state index in [-0.39, 0.29) is 37.0 Å². The second-order valence-corrected chi connectivity index (χ2v) is 18.5. The zero-order chi connectivity index (χ0) is 42.7. The minimum atomic E-state index is -5.10. The molecule has 0 atom stereocenters. The van der Waals surface area contributed by atoms with Gasteiger partial charge in [0.1, 0.15) is 38.1 Å². The smallest absolute Gasteiger partial charge is 0.474 e. The maximum Gasteiger partial charge on any atom is 0.474 e. The van der Waals surface area contributed by atoms with Gasteiger partial charge in [0.25, 0.3) is 0 Å². The summed E-state index contributed by atoms with van der Waals surface area (Å²) >= 11 is 0. The van der Waals surface area contributed by atoms with Crippen LogP contribution in [0.25, 0.3) is 56.3 Å². The number of thiol groups is 1. The fourth-order valence-electron chi connectivity index (χ4n) is 5.88. The number of methoxy groups -OCH3 is 1. The number of nitrogens with zero attached hydrogens (tertiary/aromatic N) is 8. The van der Waals surface area contributed by atoms with E-state index in [2.05, 4.69) is 29.5 Å². The predicted octanol–water partition coefficient (Wildman–Crippen LogP) is 6.53. The quantitative estimate of drug-likeness (QED) is 0.0932. The van der Waals surface area contributed by atoms with Crippen molar-refractivity contribution in [2.45, 2.75) is 19.0 Å². The Morgan fingerprint density at radius 2 is 1.45 bits per heavy atom. The third-order valence-corrected chi connectivity index (χ3v) is 11.4. The average Bonchev–Trinajstić information content (AvgIpc) is 4.01. The highest BCUT2D eigenvalue weighted by Crippen LogP contribution is 2.34. The molecule has 8 rings (SSSR count). The van der Waals surface area contributed by atoms with Gasteiger partial charge in [0.2, 0.25) is 11.8 Å². The summed E-state index contributed by atoms with van der Waals surface area (Å²) in [5.74, 6) is 0.115. The Morgan fingerprint density at radius 3 is 2.05 bits per heavy atom. The highest BCUT2D eigenvalue weighted by molar-refractivity contribution is 7.99. The predicted molar refractivity (Wildman–Crippen MR) is 216 cm³/mol. The zero-order valence-corrected chi connectivity index (χ0v) is 33.8. The summed E-state index contributed by atoms with van der Waals surface area (Å²) in [5.41, 5.74) is 4.54. The molecule has 0 saturated heterocycles. The number of hydrogen-bond donors (Lipinski definition) is 2. The molecule has 0 fully saturated rings. The number of halogens is 3. The van der Waals surface area contributed by atoms with E-state index in [1.165, 1.54) is 6.26 Å². The van der Waals surface area contributed by atoms with Gasteiger partial charge in [0.05, 0.1) is 43.9 Å². The largest absolute Gasteiger partial charge is 0.496 e. The van der Waals surface area contributed by atoms with Crippen LogP contribution in [-0.2, 0) is 24.7 Å². The number of rotatable bonds is 13. The Bertz CT molecular complexity index is 2960. The topological polar surface area (TPSA) is 211 Å². The molecule has 22 heteroatoms. The summed E-state index contributed by atoms with van der Waals surface area (Å²) < 4.78 is 104. The molecule has 7 heterocycles. The van der Waals surface area contributed by atoms with Crippen LogP contribution in [-0.4, -0.2) is 104 Å². The summed E-state index contributed by atoms with van der Waals surface area (Å²) in [6.45, 7) is 0.320. The molecule has 60 heavy (non-hydrogen) atoms. The van der Waals surface area contributed by atoms with E-state index in [0.717, 1.165) is 17.2 Å². The minimum Gasteiger partial charge on any atom is -0.496 e. The minimum absolute atomic E-state index is 0.0518. The highest BCUT2D eigenvalue weighted by Gasteiger charge is 2.39. The Balaban J connectivity index is 0.000000188. The number of alkyl halides is 3. The van der Waals surface area contributed by atoms with Crippen molar-refractivity contribution >= 4 is 59.2 Å². The Hall–Kier alpha value is -6.39. The lowest BCUT2D eigenvalue weighted by Gasteiger charge is -2.18. The van der Waals surface area contributed by atoms with Gasteiger partial charge >= 0.3 is 12.1 Å². The molecule has 0 spiro atoms. The van der Waals surface area contributed by atoms with Crippen molar-refractivity contribution in [2.75, 3.05) is 44.3 Å². The standard InChI is InChI=1S/C21H21F3N4O5S.C17H16N4O4S/c1-31-15-5-3-6-16-13(15)11-17(33-16)14-12-25-18-7-8-19(26-28(14)18)32-9-4-10-34(2,30)27-20(29)21(22,23)24;1-26(22,23)9-3-8-24-17-6-5-16-19-11-13(21(16)20-17)15-10-12-14(25-15)4-2-7-18-12/h3,5-8,11-12,34H,4,9-10H2,1-2H3,(H,27,29,30);2,4-7,10-11H,3,8-9H2,1H3. The van der Waals surface area contributed by atoms with E-state index in [0.29, 0.717) is 63.4 Å². The first-order valence-corrected chi connectivity index (χ1v) is 22.4. The van der Waals surface area contributed by atoms with Crippen molar-refractivity contribution in [3.8, 4) is 40.4 Å². The average molecular weight is 871 g/mol. The zero-order valence-electron chi connectivity index (χ0n) is 32.1. The molecular weight excluding hydrogens is 834 g/mol. The van der Waals surface area contributed by atoms with Crippen molar-refractivity contribution in [1.29, 1.82) is 0 Å². The Kier molecular flexibility index (Phi) is 11.9. The first-order valence-electron chi connectivity index (χ1n) is 18.0. The van der Waals surface area contributed by atoms with Crippen LogP contribution >= 0.6 is 0 Å². The molecule has 0 aliphatic heterocycles. The van der Waals surface area contributed by atoms with Crippen molar-refractivity contribution in [2.24, 2.45) is 4.36 Å². The van der Waals surface area contributed by atoms with Crippen LogP contribution in [0.4, 0.5) is 13.2 Å². The highest BCUT2D eigenvalue weighted by atomic mass is 32.3. The molecule has 7 aromatic heterocycles. The van der Waals surface area contributed by atoms with Gasteiger partial charge in [-0.2, -0.15) is 17.5 Å². The number of fused-ring (bicyclic) bond motifs is 4. The number of ether oxygens (including phenoxy) is 3. The SMILES string of the molecule is COc1cccc2oc(-c3cnc4ccc(OCCC[SH](C)(O)=NC(=O)C(F)(F)F)nn34)cc12.CS(=O)(=O)CCCOc1ccc2ncc(-c3cc4ncccc4o3)n2n1. The fourth-order valence-corrected chi connectivity index (χ4v) is 7.85. The summed E-state index contributed by atoms with van der Waals surface area (Å²) in [6, 6.07) is 19.5. The second-order valence-electron chi connectivity index (χ2n) is 13.4. The van der Waals surface area contributed by atoms with Gasteiger partial charge in [0, 0.05) is 36.4 Å². The van der Waals surface area contributed by atoms with E-state index in [1.807, 2.05) is 42.5 Å². The van der Waals surface area contributed by atoms with Crippen LogP contribution in [0.2, 0.25) is 0 Å². The molecule has 0 bridgehead atoms. The number of amides is 1. The fraction of sp³-hybridized carbons (Fsp3) is 0.263. The van der Waals surface area contributed by atoms with Crippen LogP contribution in [0.5, 0.6) is 17.5 Å². The molecule has 0 saturated carbocycles. The van der Waals surface area contributed by atoms with Crippen molar-refractivity contribution in [3.63, 3.8) is 0 Å². The van der Waals surface area contributed by atoms with Gasteiger partial charge in [-0.25, -0.2) is 27.4 Å². The maximum atomic E-state index is 12.4. The Labute approximate surface area is 339 Å². The number of hydrogen-bond acceptors (Lipinski definition) is 13. The van der Waals surface area contributed by atoms with Crippen molar-refractivity contribution < 1.29 is 54.0 Å². The monoisotopic (exact) mass is 870 g/mol. The number of sulfone groups is 1. The normalized spacial score (nSPS) is 12.4. The van der Waals surface area contributed by atoms with Crippen LogP contribution in [0.3, 0.4) is 0 Å². The molecule has 0 unspecified atom stereocenters. The number of benzene rings is 1. The summed E-state index contributed by atoms with van der Waals surface area (Å²) in [4.78, 5) is 23.9. The summed E-state index contributed by atoms with van der Waals surface area (Å²) in [5, 5.41) is 9.62. The number of carbonyl (C=O) groups is 1. The summed E-state index contributed by atoms with van der Waals surface area (Å²) in [7, 11) is -4.82. The van der Waals surface area contributed by atoms with E-state index < -0.39 is 32.0 Å². The molecule has 0 aliphatic rings. The van der Waals surface area contributed by atoms with Crippen LogP contribution in [0.15, 0.2) is 98.5 Å². The first-order chi connectivity index (χ1) is 28.6. The third-order valence-electron chi connectivity index (χ3n) is 8.64. The van der Waals surface area contributed by atoms with Crippen LogP contribution in [0, 0.1) is 0 Å². The summed E-state index contributed by atoms with van der Waals surface area (Å²) in [6.07, 6.45) is 2.81. The molecule has 8 aromatic rings. The van der Waals surface area contributed by atoms with Crippen molar-refractivity contribution in [3.05, 3.63) is 85.3 Å².